The van der Waals surface area contributed by atoms with E-state index in [0.29, 0.717) is 21.3 Å². The molecule has 4 aromatic rings. The topological polar surface area (TPSA) is 49.6 Å². The third kappa shape index (κ3) is 3.68. The van der Waals surface area contributed by atoms with E-state index in [1.807, 2.05) is 48.5 Å². The lowest BCUT2D eigenvalue weighted by atomic mass is 9.91. The molecule has 0 spiro atoms. The van der Waals surface area contributed by atoms with E-state index in [2.05, 4.69) is 16.0 Å². The van der Waals surface area contributed by atoms with E-state index in [4.69, 9.17) is 34.8 Å². The maximum absolute atomic E-state index is 9.79. The molecule has 0 amide bonds. The lowest BCUT2D eigenvalue weighted by Gasteiger charge is -2.13. The molecule has 0 radical (unpaired) electrons. The number of hydrogen-bond acceptors (Lipinski definition) is 3. The largest absolute Gasteiger partial charge is 0.223 e. The standard InChI is InChI=1S/C22H12Cl3N3/c23-16-7-4-13(5-8-16)19(12-26)14-6-9-20-18(11-14)21(28-22(25)27-20)15-2-1-3-17(24)10-15/h1-11,19H. The van der Waals surface area contributed by atoms with Crippen LogP contribution in [0.5, 0.6) is 0 Å². The van der Waals surface area contributed by atoms with Gasteiger partial charge in [0.05, 0.1) is 23.2 Å². The Hall–Kier alpha value is -2.64. The molecule has 0 aliphatic carbocycles. The zero-order valence-electron chi connectivity index (χ0n) is 14.4. The van der Waals surface area contributed by atoms with Crippen LogP contribution in [0, 0.1) is 11.3 Å². The highest BCUT2D eigenvalue weighted by Gasteiger charge is 2.17. The molecule has 3 nitrogen and oxygen atoms in total. The minimum absolute atomic E-state index is 0.157. The zero-order valence-corrected chi connectivity index (χ0v) is 16.7. The fourth-order valence-corrected chi connectivity index (χ4v) is 3.64. The monoisotopic (exact) mass is 423 g/mol. The Morgan fingerprint density at radius 1 is 0.786 bits per heavy atom. The fourth-order valence-electron chi connectivity index (χ4n) is 3.15. The van der Waals surface area contributed by atoms with E-state index in [9.17, 15) is 5.26 Å². The van der Waals surface area contributed by atoms with Gasteiger partial charge in [0.2, 0.25) is 5.28 Å². The second-order valence-corrected chi connectivity index (χ2v) is 7.45. The van der Waals surface area contributed by atoms with Crippen LogP contribution in [0.1, 0.15) is 17.0 Å². The van der Waals surface area contributed by atoms with Gasteiger partial charge in [0, 0.05) is 21.0 Å². The van der Waals surface area contributed by atoms with Gasteiger partial charge in [-0.1, -0.05) is 53.5 Å². The smallest absolute Gasteiger partial charge is 0.218 e. The predicted molar refractivity (Wildman–Crippen MR) is 114 cm³/mol. The molecule has 1 heterocycles. The van der Waals surface area contributed by atoms with Crippen molar-refractivity contribution in [2.24, 2.45) is 0 Å². The lowest BCUT2D eigenvalue weighted by molar-refractivity contribution is 1.04. The van der Waals surface area contributed by atoms with Gasteiger partial charge < -0.3 is 0 Å². The maximum Gasteiger partial charge on any atom is 0.223 e. The maximum atomic E-state index is 9.79. The minimum Gasteiger partial charge on any atom is -0.218 e. The Labute approximate surface area is 177 Å². The summed E-state index contributed by atoms with van der Waals surface area (Å²) in [6, 6.07) is 22.7. The highest BCUT2D eigenvalue weighted by molar-refractivity contribution is 6.31. The van der Waals surface area contributed by atoms with E-state index in [0.717, 1.165) is 22.1 Å². The van der Waals surface area contributed by atoms with Crippen molar-refractivity contribution in [1.29, 1.82) is 5.26 Å². The van der Waals surface area contributed by atoms with Crippen LogP contribution >= 0.6 is 34.8 Å². The van der Waals surface area contributed by atoms with E-state index in [1.165, 1.54) is 0 Å². The van der Waals surface area contributed by atoms with Gasteiger partial charge in [-0.25, -0.2) is 9.97 Å². The average Bonchev–Trinajstić information content (AvgIpc) is 2.69. The summed E-state index contributed by atoms with van der Waals surface area (Å²) < 4.78 is 0. The van der Waals surface area contributed by atoms with Crippen molar-refractivity contribution in [2.75, 3.05) is 0 Å². The first-order valence-corrected chi connectivity index (χ1v) is 9.57. The first-order chi connectivity index (χ1) is 13.5. The van der Waals surface area contributed by atoms with E-state index < -0.39 is 5.92 Å². The normalized spacial score (nSPS) is 11.9. The summed E-state index contributed by atoms with van der Waals surface area (Å²) in [6.07, 6.45) is 0. The number of hydrogen-bond donors (Lipinski definition) is 0. The van der Waals surface area contributed by atoms with Crippen LogP contribution in [0.3, 0.4) is 0 Å². The van der Waals surface area contributed by atoms with Crippen LogP contribution in [-0.2, 0) is 0 Å². The Kier molecular flexibility index (Phi) is 5.19. The van der Waals surface area contributed by atoms with Crippen LogP contribution in [0.25, 0.3) is 22.2 Å². The minimum atomic E-state index is -0.440. The Balaban J connectivity index is 1.90. The molecule has 0 N–H and O–H groups in total. The first kappa shape index (κ1) is 18.7. The van der Waals surface area contributed by atoms with Gasteiger partial charge in [0.15, 0.2) is 0 Å². The second-order valence-electron chi connectivity index (χ2n) is 6.24. The average molecular weight is 425 g/mol. The molecular formula is C22H12Cl3N3. The zero-order chi connectivity index (χ0) is 19.7. The van der Waals surface area contributed by atoms with Gasteiger partial charge in [-0.05, 0) is 59.1 Å². The quantitative estimate of drug-likeness (QED) is 0.336. The molecule has 6 heteroatoms. The second kappa shape index (κ2) is 7.77. The third-order valence-corrected chi connectivity index (χ3v) is 5.11. The van der Waals surface area contributed by atoms with Gasteiger partial charge in [-0.2, -0.15) is 5.26 Å². The third-order valence-electron chi connectivity index (χ3n) is 4.46. The number of nitriles is 1. The number of aromatic nitrogens is 2. The fraction of sp³-hybridized carbons (Fsp3) is 0.0455. The lowest BCUT2D eigenvalue weighted by Crippen LogP contribution is -1.99. The molecule has 1 aromatic heterocycles. The van der Waals surface area contributed by atoms with Crippen molar-refractivity contribution in [1.82, 2.24) is 9.97 Å². The van der Waals surface area contributed by atoms with Crippen molar-refractivity contribution in [3.05, 3.63) is 93.2 Å². The molecule has 1 atom stereocenters. The number of fused-ring (bicyclic) bond motifs is 1. The van der Waals surface area contributed by atoms with E-state index in [-0.39, 0.29) is 5.28 Å². The van der Waals surface area contributed by atoms with E-state index >= 15 is 0 Å². The number of nitrogens with zero attached hydrogens (tertiary/aromatic N) is 3. The molecule has 1 unspecified atom stereocenters. The Morgan fingerprint density at radius 2 is 1.54 bits per heavy atom. The first-order valence-electron chi connectivity index (χ1n) is 8.43. The van der Waals surface area contributed by atoms with Gasteiger partial charge in [-0.15, -0.1) is 0 Å². The molecule has 4 rings (SSSR count). The molecule has 0 saturated carbocycles. The molecule has 0 aliphatic heterocycles. The number of benzene rings is 3. The van der Waals surface area contributed by atoms with Gasteiger partial charge in [0.1, 0.15) is 0 Å². The van der Waals surface area contributed by atoms with Gasteiger partial charge in [-0.3, -0.25) is 0 Å². The summed E-state index contributed by atoms with van der Waals surface area (Å²) >= 11 is 18.3. The predicted octanol–water partition coefficient (Wildman–Crippen LogP) is 6.91. The van der Waals surface area contributed by atoms with Crippen molar-refractivity contribution >= 4 is 45.7 Å². The van der Waals surface area contributed by atoms with Crippen molar-refractivity contribution in [2.45, 2.75) is 5.92 Å². The number of rotatable bonds is 3. The molecule has 0 saturated heterocycles. The van der Waals surface area contributed by atoms with Crippen LogP contribution in [0.4, 0.5) is 0 Å². The van der Waals surface area contributed by atoms with Crippen molar-refractivity contribution in [3.63, 3.8) is 0 Å². The SMILES string of the molecule is N#CC(c1ccc(Cl)cc1)c1ccc2nc(Cl)nc(-c3cccc(Cl)c3)c2c1. The van der Waals surface area contributed by atoms with Gasteiger partial charge >= 0.3 is 0 Å². The molecule has 28 heavy (non-hydrogen) atoms. The van der Waals surface area contributed by atoms with Crippen molar-refractivity contribution in [3.8, 4) is 17.3 Å². The Morgan fingerprint density at radius 3 is 2.25 bits per heavy atom. The van der Waals surface area contributed by atoms with Crippen LogP contribution in [-0.4, -0.2) is 9.97 Å². The van der Waals surface area contributed by atoms with Gasteiger partial charge in [0.25, 0.3) is 0 Å². The summed E-state index contributed by atoms with van der Waals surface area (Å²) in [6.45, 7) is 0. The summed E-state index contributed by atoms with van der Waals surface area (Å²) in [4.78, 5) is 8.73. The molecule has 0 fully saturated rings. The van der Waals surface area contributed by atoms with E-state index in [1.54, 1.807) is 18.2 Å². The molecule has 0 aliphatic rings. The molecular weight excluding hydrogens is 413 g/mol. The summed E-state index contributed by atoms with van der Waals surface area (Å²) in [7, 11) is 0. The summed E-state index contributed by atoms with van der Waals surface area (Å²) in [5.74, 6) is -0.440. The molecule has 0 bridgehead atoms. The van der Waals surface area contributed by atoms with Crippen LogP contribution < -0.4 is 0 Å². The highest BCUT2D eigenvalue weighted by Crippen LogP contribution is 2.33. The molecule has 3 aromatic carbocycles. The van der Waals surface area contributed by atoms with Crippen molar-refractivity contribution < 1.29 is 0 Å². The van der Waals surface area contributed by atoms with Crippen LogP contribution in [0.15, 0.2) is 66.7 Å². The summed E-state index contributed by atoms with van der Waals surface area (Å²) in [5, 5.41) is 12.0. The molecule has 136 valence electrons. The Bertz CT molecular complexity index is 1210. The van der Waals surface area contributed by atoms with Crippen LogP contribution in [0.2, 0.25) is 15.3 Å². The highest BCUT2D eigenvalue weighted by atomic mass is 35.5. The number of halogens is 3. The summed E-state index contributed by atoms with van der Waals surface area (Å²) in [5.41, 5.74) is 3.91.